The summed E-state index contributed by atoms with van der Waals surface area (Å²) < 4.78 is 39.6. The molecular formula is C12H15F3N6. The highest BCUT2D eigenvalue weighted by atomic mass is 19.4. The first-order valence-electron chi connectivity index (χ1n) is 6.35. The molecule has 21 heavy (non-hydrogen) atoms. The Hall–Kier alpha value is -2.19. The Morgan fingerprint density at radius 2 is 1.95 bits per heavy atom. The van der Waals surface area contributed by atoms with E-state index in [0.29, 0.717) is 5.82 Å². The van der Waals surface area contributed by atoms with Crippen molar-refractivity contribution >= 4 is 5.95 Å². The average molecular weight is 300 g/mol. The average Bonchev–Trinajstić information content (AvgIpc) is 2.87. The number of nitrogens with zero attached hydrogens (tertiary/aromatic N) is 5. The molecule has 1 unspecified atom stereocenters. The first-order chi connectivity index (χ1) is 9.79. The third kappa shape index (κ3) is 3.47. The van der Waals surface area contributed by atoms with Gasteiger partial charge in [-0.3, -0.25) is 0 Å². The Morgan fingerprint density at radius 1 is 1.24 bits per heavy atom. The van der Waals surface area contributed by atoms with Crippen molar-refractivity contribution in [3.8, 4) is 0 Å². The number of alkyl halides is 3. The summed E-state index contributed by atoms with van der Waals surface area (Å²) in [5.41, 5.74) is -0.988. The molecule has 0 radical (unpaired) electrons. The van der Waals surface area contributed by atoms with Crippen LogP contribution >= 0.6 is 0 Å². The summed E-state index contributed by atoms with van der Waals surface area (Å²) >= 11 is 0. The fourth-order valence-corrected chi connectivity index (χ4v) is 1.80. The predicted octanol–water partition coefficient (Wildman–Crippen LogP) is 2.84. The van der Waals surface area contributed by atoms with Crippen molar-refractivity contribution < 1.29 is 13.2 Å². The van der Waals surface area contributed by atoms with Gasteiger partial charge in [0.05, 0.1) is 6.04 Å². The highest BCUT2D eigenvalue weighted by molar-refractivity contribution is 5.28. The lowest BCUT2D eigenvalue weighted by Crippen LogP contribution is -2.17. The van der Waals surface area contributed by atoms with Gasteiger partial charge in [-0.1, -0.05) is 0 Å². The monoisotopic (exact) mass is 300 g/mol. The summed E-state index contributed by atoms with van der Waals surface area (Å²) in [5, 5.41) is 10.6. The maximum Gasteiger partial charge on any atom is 0.433 e. The van der Waals surface area contributed by atoms with E-state index in [4.69, 9.17) is 0 Å². The van der Waals surface area contributed by atoms with E-state index in [1.165, 1.54) is 0 Å². The van der Waals surface area contributed by atoms with Crippen molar-refractivity contribution in [1.29, 1.82) is 0 Å². The lowest BCUT2D eigenvalue weighted by molar-refractivity contribution is -0.141. The molecule has 0 aromatic carbocycles. The standard InChI is InChI=1S/C12H15F3N6/c1-7(2)21-6-17-20-10(21)8(3)18-11-16-5-4-9(19-11)12(13,14)15/h4-8H,1-3H3,(H,16,18,19). The molecule has 0 saturated heterocycles. The van der Waals surface area contributed by atoms with E-state index in [0.717, 1.165) is 12.3 Å². The molecule has 0 bridgehead atoms. The smallest absolute Gasteiger partial charge is 0.344 e. The summed E-state index contributed by atoms with van der Waals surface area (Å²) in [7, 11) is 0. The SMILES string of the molecule is CC(Nc1nccc(C(F)(F)F)n1)c1nncn1C(C)C. The maximum atomic E-state index is 12.6. The molecule has 1 atom stereocenters. The lowest BCUT2D eigenvalue weighted by atomic mass is 10.3. The van der Waals surface area contributed by atoms with Crippen LogP contribution in [0.2, 0.25) is 0 Å². The van der Waals surface area contributed by atoms with Crippen molar-refractivity contribution in [3.63, 3.8) is 0 Å². The zero-order chi connectivity index (χ0) is 15.6. The fourth-order valence-electron chi connectivity index (χ4n) is 1.80. The van der Waals surface area contributed by atoms with Crippen LogP contribution in [0.5, 0.6) is 0 Å². The number of anilines is 1. The molecule has 0 saturated carbocycles. The van der Waals surface area contributed by atoms with E-state index < -0.39 is 11.9 Å². The van der Waals surface area contributed by atoms with Crippen molar-refractivity contribution in [2.75, 3.05) is 5.32 Å². The van der Waals surface area contributed by atoms with E-state index in [-0.39, 0.29) is 18.0 Å². The van der Waals surface area contributed by atoms with Crippen molar-refractivity contribution in [1.82, 2.24) is 24.7 Å². The van der Waals surface area contributed by atoms with Crippen LogP contribution in [0, 0.1) is 0 Å². The Balaban J connectivity index is 2.20. The largest absolute Gasteiger partial charge is 0.433 e. The third-order valence-corrected chi connectivity index (χ3v) is 2.84. The van der Waals surface area contributed by atoms with Gasteiger partial charge in [-0.05, 0) is 26.8 Å². The quantitative estimate of drug-likeness (QED) is 0.940. The van der Waals surface area contributed by atoms with Crippen LogP contribution in [0.4, 0.5) is 19.1 Å². The Labute approximate surface area is 119 Å². The topological polar surface area (TPSA) is 68.5 Å². The second-order valence-corrected chi connectivity index (χ2v) is 4.82. The Morgan fingerprint density at radius 3 is 2.57 bits per heavy atom. The van der Waals surface area contributed by atoms with Crippen LogP contribution in [0.15, 0.2) is 18.6 Å². The van der Waals surface area contributed by atoms with Crippen molar-refractivity contribution in [2.24, 2.45) is 0 Å². The molecule has 6 nitrogen and oxygen atoms in total. The third-order valence-electron chi connectivity index (χ3n) is 2.84. The minimum Gasteiger partial charge on any atom is -0.344 e. The van der Waals surface area contributed by atoms with Crippen LogP contribution in [-0.2, 0) is 6.18 Å². The van der Waals surface area contributed by atoms with Gasteiger partial charge in [0.2, 0.25) is 5.95 Å². The molecule has 0 aliphatic carbocycles. The first-order valence-corrected chi connectivity index (χ1v) is 6.35. The lowest BCUT2D eigenvalue weighted by Gasteiger charge is -2.17. The number of halogens is 3. The van der Waals surface area contributed by atoms with E-state index in [1.54, 1.807) is 13.3 Å². The molecule has 0 amide bonds. The number of aromatic nitrogens is 5. The summed E-state index contributed by atoms with van der Waals surface area (Å²) in [4.78, 5) is 7.26. The van der Waals surface area contributed by atoms with Gasteiger partial charge >= 0.3 is 6.18 Å². The van der Waals surface area contributed by atoms with Crippen LogP contribution in [0.1, 0.15) is 44.4 Å². The highest BCUT2D eigenvalue weighted by Gasteiger charge is 2.33. The summed E-state index contributed by atoms with van der Waals surface area (Å²) in [6, 6.07) is 0.590. The van der Waals surface area contributed by atoms with E-state index in [2.05, 4.69) is 25.5 Å². The van der Waals surface area contributed by atoms with Crippen LogP contribution in [0.25, 0.3) is 0 Å². The van der Waals surface area contributed by atoms with E-state index in [9.17, 15) is 13.2 Å². The van der Waals surface area contributed by atoms with Crippen LogP contribution in [0.3, 0.4) is 0 Å². The second-order valence-electron chi connectivity index (χ2n) is 4.82. The molecule has 2 rings (SSSR count). The Kier molecular flexibility index (Phi) is 4.10. The summed E-state index contributed by atoms with van der Waals surface area (Å²) in [5.74, 6) is 0.502. The van der Waals surface area contributed by atoms with Gasteiger partial charge in [0.25, 0.3) is 0 Å². The summed E-state index contributed by atoms with van der Waals surface area (Å²) in [6.45, 7) is 5.67. The number of hydrogen-bond donors (Lipinski definition) is 1. The molecule has 2 aromatic rings. The van der Waals surface area contributed by atoms with Crippen molar-refractivity contribution in [3.05, 3.63) is 30.1 Å². The predicted molar refractivity (Wildman–Crippen MR) is 69.5 cm³/mol. The number of hydrogen-bond acceptors (Lipinski definition) is 5. The van der Waals surface area contributed by atoms with Crippen LogP contribution < -0.4 is 5.32 Å². The Bertz CT molecular complexity index is 607. The molecule has 9 heteroatoms. The minimum atomic E-state index is -4.50. The second kappa shape index (κ2) is 5.66. The van der Waals surface area contributed by atoms with Gasteiger partial charge in [-0.25, -0.2) is 9.97 Å². The molecule has 1 N–H and O–H groups in total. The minimum absolute atomic E-state index is 0.101. The molecule has 2 heterocycles. The number of nitrogens with one attached hydrogen (secondary N) is 1. The molecular weight excluding hydrogens is 285 g/mol. The van der Waals surface area contributed by atoms with Gasteiger partial charge in [-0.15, -0.1) is 10.2 Å². The van der Waals surface area contributed by atoms with Crippen LogP contribution in [-0.4, -0.2) is 24.7 Å². The molecule has 0 fully saturated rings. The molecule has 0 aliphatic heterocycles. The van der Waals surface area contributed by atoms with E-state index >= 15 is 0 Å². The zero-order valence-electron chi connectivity index (χ0n) is 11.8. The molecule has 2 aromatic heterocycles. The molecule has 0 aliphatic rings. The number of rotatable bonds is 4. The molecule has 0 spiro atoms. The summed E-state index contributed by atoms with van der Waals surface area (Å²) in [6.07, 6.45) is -1.86. The van der Waals surface area contributed by atoms with Gasteiger partial charge in [0.1, 0.15) is 12.0 Å². The maximum absolute atomic E-state index is 12.6. The van der Waals surface area contributed by atoms with Gasteiger partial charge in [-0.2, -0.15) is 13.2 Å². The van der Waals surface area contributed by atoms with Gasteiger partial charge < -0.3 is 9.88 Å². The zero-order valence-corrected chi connectivity index (χ0v) is 11.8. The van der Waals surface area contributed by atoms with Gasteiger partial charge in [0.15, 0.2) is 5.82 Å². The highest BCUT2D eigenvalue weighted by Crippen LogP contribution is 2.28. The van der Waals surface area contributed by atoms with Gasteiger partial charge in [0, 0.05) is 12.2 Å². The van der Waals surface area contributed by atoms with E-state index in [1.807, 2.05) is 18.4 Å². The first kappa shape index (κ1) is 15.2. The molecule has 114 valence electrons. The normalized spacial score (nSPS) is 13.5. The fraction of sp³-hybridized carbons (Fsp3) is 0.500. The van der Waals surface area contributed by atoms with Crippen molar-refractivity contribution in [2.45, 2.75) is 39.0 Å².